The Morgan fingerprint density at radius 3 is 2.00 bits per heavy atom. The molecule has 4 heteroatoms. The van der Waals surface area contributed by atoms with Crippen molar-refractivity contribution in [3.63, 3.8) is 0 Å². The van der Waals surface area contributed by atoms with Gasteiger partial charge in [-0.15, -0.1) is 0 Å². The number of hydrogen-bond acceptors (Lipinski definition) is 4. The second-order valence-electron chi connectivity index (χ2n) is 13.6. The molecule has 0 N–H and O–H groups in total. The molecule has 4 nitrogen and oxygen atoms in total. The zero-order valence-electron chi connectivity index (χ0n) is 28.1. The van der Waals surface area contributed by atoms with Crippen LogP contribution >= 0.6 is 0 Å². The second kappa shape index (κ2) is 11.4. The van der Waals surface area contributed by atoms with Crippen LogP contribution in [0.25, 0.3) is 72.0 Å². The smallest absolute Gasteiger partial charge is 0.143 e. The molecule has 246 valence electrons. The second-order valence-corrected chi connectivity index (χ2v) is 13.6. The van der Waals surface area contributed by atoms with E-state index >= 15 is 0 Å². The van der Waals surface area contributed by atoms with Crippen molar-refractivity contribution in [1.82, 2.24) is 0 Å². The van der Waals surface area contributed by atoms with Gasteiger partial charge >= 0.3 is 0 Å². The maximum Gasteiger partial charge on any atom is 0.143 e. The van der Waals surface area contributed by atoms with Gasteiger partial charge < -0.3 is 18.2 Å². The number of nitrogens with zero attached hydrogens (tertiary/aromatic N) is 1. The summed E-state index contributed by atoms with van der Waals surface area (Å²) in [4.78, 5) is 2.26. The first-order valence-corrected chi connectivity index (χ1v) is 17.8. The molecule has 0 aliphatic heterocycles. The van der Waals surface area contributed by atoms with Gasteiger partial charge in [-0.25, -0.2) is 0 Å². The monoisotopic (exact) mass is 669 g/mol. The van der Waals surface area contributed by atoms with E-state index in [0.29, 0.717) is 0 Å². The van der Waals surface area contributed by atoms with Gasteiger partial charge in [0.25, 0.3) is 0 Å². The van der Waals surface area contributed by atoms with Crippen LogP contribution in [0.3, 0.4) is 0 Å². The first kappa shape index (κ1) is 29.0. The highest BCUT2D eigenvalue weighted by Crippen LogP contribution is 2.45. The zero-order chi connectivity index (χ0) is 34.2. The molecule has 0 fully saturated rings. The van der Waals surface area contributed by atoms with Gasteiger partial charge in [0.2, 0.25) is 0 Å². The third-order valence-electron chi connectivity index (χ3n) is 10.6. The molecule has 10 aromatic rings. The predicted octanol–water partition coefficient (Wildman–Crippen LogP) is 13.7. The van der Waals surface area contributed by atoms with Crippen LogP contribution in [0.2, 0.25) is 0 Å². The van der Waals surface area contributed by atoms with E-state index < -0.39 is 0 Å². The fourth-order valence-corrected chi connectivity index (χ4v) is 8.20. The standard InChI is InChI=1S/C48H31NO3/c1-3-11-32(12-4-1)49(33-13-5-2-6-14-33)34-23-25-36-38-17-9-18-39(48(38)52-46(36)29-34)37-16-10-20-44-47(37)40-24-21-31(28-45(40)51-44)30-22-26-43-41(27-30)35-15-7-8-19-42(35)50-43/h1-27,29,31H,28H2. The van der Waals surface area contributed by atoms with Gasteiger partial charge in [0, 0.05) is 73.5 Å². The van der Waals surface area contributed by atoms with Crippen LogP contribution in [0.1, 0.15) is 22.8 Å². The normalized spacial score (nSPS) is 14.2. The number of fused-ring (bicyclic) bond motifs is 9. The number of furan rings is 3. The Hall–Kier alpha value is -6.78. The Kier molecular flexibility index (Phi) is 6.34. The Morgan fingerprint density at radius 1 is 0.462 bits per heavy atom. The lowest BCUT2D eigenvalue weighted by Gasteiger charge is -2.25. The van der Waals surface area contributed by atoms with E-state index in [9.17, 15) is 0 Å². The molecule has 11 rings (SSSR count). The zero-order valence-corrected chi connectivity index (χ0v) is 28.1. The molecule has 0 saturated carbocycles. The van der Waals surface area contributed by atoms with E-state index in [4.69, 9.17) is 13.3 Å². The first-order chi connectivity index (χ1) is 25.8. The minimum atomic E-state index is 0.203. The molecule has 0 bridgehead atoms. The highest BCUT2D eigenvalue weighted by atomic mass is 16.3. The highest BCUT2D eigenvalue weighted by molar-refractivity contribution is 6.13. The largest absolute Gasteiger partial charge is 0.460 e. The molecule has 0 radical (unpaired) electrons. The summed E-state index contributed by atoms with van der Waals surface area (Å²) >= 11 is 0. The molecule has 1 aliphatic carbocycles. The van der Waals surface area contributed by atoms with Crippen molar-refractivity contribution in [2.45, 2.75) is 12.3 Å². The summed E-state index contributed by atoms with van der Waals surface area (Å²) in [5, 5.41) is 5.61. The van der Waals surface area contributed by atoms with Crippen LogP contribution in [0.5, 0.6) is 0 Å². The molecule has 1 unspecified atom stereocenters. The predicted molar refractivity (Wildman–Crippen MR) is 213 cm³/mol. The highest BCUT2D eigenvalue weighted by Gasteiger charge is 2.25. The van der Waals surface area contributed by atoms with Crippen LogP contribution in [0, 0.1) is 0 Å². The summed E-state index contributed by atoms with van der Waals surface area (Å²) in [6.45, 7) is 0. The van der Waals surface area contributed by atoms with Crippen LogP contribution in [0.4, 0.5) is 17.1 Å². The quantitative estimate of drug-likeness (QED) is 0.183. The first-order valence-electron chi connectivity index (χ1n) is 17.8. The van der Waals surface area contributed by atoms with Crippen molar-refractivity contribution in [3.8, 4) is 11.1 Å². The van der Waals surface area contributed by atoms with Crippen molar-refractivity contribution < 1.29 is 13.3 Å². The average molecular weight is 670 g/mol. The molecule has 0 amide bonds. The lowest BCUT2D eigenvalue weighted by atomic mass is 9.86. The van der Waals surface area contributed by atoms with E-state index in [1.165, 1.54) is 5.56 Å². The van der Waals surface area contributed by atoms with Crippen LogP contribution < -0.4 is 4.90 Å². The SMILES string of the molecule is C1=CC(c2ccc3oc4ccccc4c3c2)Cc2oc3cccc(-c4cccc5c4oc4cc(N(c6ccccc6)c6ccccc6)ccc45)c3c21. The van der Waals surface area contributed by atoms with E-state index in [-0.39, 0.29) is 5.92 Å². The van der Waals surface area contributed by atoms with E-state index in [2.05, 4.69) is 151 Å². The Balaban J connectivity index is 1.01. The van der Waals surface area contributed by atoms with Crippen molar-refractivity contribution >= 4 is 78.0 Å². The summed E-state index contributed by atoms with van der Waals surface area (Å²) in [6, 6.07) is 55.1. The number of allylic oxidation sites excluding steroid dienone is 1. The number of rotatable bonds is 5. The van der Waals surface area contributed by atoms with Gasteiger partial charge in [-0.3, -0.25) is 0 Å². The fourth-order valence-electron chi connectivity index (χ4n) is 8.20. The summed E-state index contributed by atoms with van der Waals surface area (Å²) in [7, 11) is 0. The van der Waals surface area contributed by atoms with Crippen molar-refractivity contribution in [1.29, 1.82) is 0 Å². The molecule has 1 atom stereocenters. The number of para-hydroxylation sites is 4. The average Bonchev–Trinajstić information content (AvgIpc) is 3.89. The van der Waals surface area contributed by atoms with Crippen LogP contribution in [0.15, 0.2) is 177 Å². The Bertz CT molecular complexity index is 2960. The van der Waals surface area contributed by atoms with Crippen molar-refractivity contribution in [2.24, 2.45) is 0 Å². The minimum absolute atomic E-state index is 0.203. The molecular weight excluding hydrogens is 639 g/mol. The molecular formula is C48H31NO3. The number of benzene rings is 7. The lowest BCUT2D eigenvalue weighted by Crippen LogP contribution is -2.09. The Labute approximate surface area is 299 Å². The van der Waals surface area contributed by atoms with E-state index in [1.807, 2.05) is 24.3 Å². The maximum atomic E-state index is 6.82. The molecule has 3 aromatic heterocycles. The van der Waals surface area contributed by atoms with E-state index in [1.54, 1.807) is 0 Å². The van der Waals surface area contributed by atoms with Gasteiger partial charge in [-0.05, 0) is 71.8 Å². The van der Waals surface area contributed by atoms with Crippen molar-refractivity contribution in [2.75, 3.05) is 4.90 Å². The summed E-state index contributed by atoms with van der Waals surface area (Å²) < 4.78 is 19.6. The molecule has 0 spiro atoms. The number of hydrogen-bond donors (Lipinski definition) is 0. The summed E-state index contributed by atoms with van der Waals surface area (Å²) in [5.41, 5.74) is 12.2. The van der Waals surface area contributed by atoms with Gasteiger partial charge in [-0.2, -0.15) is 0 Å². The van der Waals surface area contributed by atoms with E-state index in [0.717, 1.165) is 101 Å². The van der Waals surface area contributed by atoms with Gasteiger partial charge in [-0.1, -0.05) is 103 Å². The van der Waals surface area contributed by atoms with Gasteiger partial charge in [0.1, 0.15) is 33.7 Å². The minimum Gasteiger partial charge on any atom is -0.460 e. The van der Waals surface area contributed by atoms with Crippen LogP contribution in [-0.2, 0) is 6.42 Å². The molecule has 52 heavy (non-hydrogen) atoms. The molecule has 1 aliphatic rings. The maximum absolute atomic E-state index is 6.82. The Morgan fingerprint density at radius 2 is 1.15 bits per heavy atom. The lowest BCUT2D eigenvalue weighted by molar-refractivity contribution is 0.532. The molecule has 0 saturated heterocycles. The summed E-state index contributed by atoms with van der Waals surface area (Å²) in [6.07, 6.45) is 5.37. The van der Waals surface area contributed by atoms with Crippen LogP contribution in [-0.4, -0.2) is 0 Å². The van der Waals surface area contributed by atoms with Gasteiger partial charge in [0.15, 0.2) is 0 Å². The summed E-state index contributed by atoms with van der Waals surface area (Å²) in [5.74, 6) is 1.21. The number of anilines is 3. The molecule has 7 aromatic carbocycles. The third kappa shape index (κ3) is 4.47. The fraction of sp³-hybridized carbons (Fsp3) is 0.0417. The topological polar surface area (TPSA) is 42.7 Å². The van der Waals surface area contributed by atoms with Gasteiger partial charge in [0.05, 0.1) is 0 Å². The molecule has 3 heterocycles. The third-order valence-corrected chi connectivity index (χ3v) is 10.6. The van der Waals surface area contributed by atoms with Crippen molar-refractivity contribution in [3.05, 3.63) is 181 Å².